The maximum Gasteiger partial charge on any atom is 0.252 e. The molecule has 440 valence electrons. The van der Waals surface area contributed by atoms with E-state index in [1.807, 2.05) is 0 Å². The molecule has 1 unspecified atom stereocenters. The molecule has 3 aliphatic carbocycles. The average molecular weight is 1130 g/mol. The van der Waals surface area contributed by atoms with Gasteiger partial charge in [-0.25, -0.2) is 0 Å². The summed E-state index contributed by atoms with van der Waals surface area (Å²) in [5.74, 6) is 0. The smallest absolute Gasteiger partial charge is 0.252 e. The van der Waals surface area contributed by atoms with Gasteiger partial charge in [-0.3, -0.25) is 0 Å². The SMILES string of the molecule is CC(C)(C)c1ccc(N(c2ccc(C(C)(C)C)cc2)c2ccc3c(c2)N2c4cccc5c4C(C)(c4cc(C(C)(C)C)ccc4-5)c4c(C(C)(C)C)cc5c(c42)B3c2cc3c(cc2N5c2ccc4c(c2)C(C)(C)CCC4(C)C)C(C)(C)CCC3(C)C)cc1. The molecule has 86 heavy (non-hydrogen) atoms. The number of anilines is 9. The van der Waals surface area contributed by atoms with Crippen LogP contribution in [0.25, 0.3) is 11.1 Å². The lowest BCUT2D eigenvalue weighted by molar-refractivity contribution is 0.332. The zero-order chi connectivity index (χ0) is 61.3. The van der Waals surface area contributed by atoms with Crippen LogP contribution in [0.15, 0.2) is 140 Å². The standard InChI is InChI=1S/C82H94BN3/c1-74(2,3)49-25-30-52(31-26-49)84(53-32-27-50(28-33-53)75(4,5)6)55-35-38-64-67(45-55)86-66-24-22-23-57-56-36-29-51(76(7,8)9)43-59(56)82(21,70(57)66)71-63(77(10,11)12)48-69-72(73(71)86)83(64)65-46-61-62(81(19,20)42-41-80(61,17)18)47-68(65)85(69)54-34-37-58-60(44-54)79(15,16)40-39-78(58,13)14/h22-38,43-48H,39-42H2,1-21H3. The minimum Gasteiger partial charge on any atom is -0.311 e. The van der Waals surface area contributed by atoms with Crippen LogP contribution in [0.3, 0.4) is 0 Å². The topological polar surface area (TPSA) is 9.72 Å². The van der Waals surface area contributed by atoms with Crippen LogP contribution in [0.1, 0.15) is 232 Å². The Hall–Kier alpha value is -6.78. The van der Waals surface area contributed by atoms with E-state index in [0.29, 0.717) is 0 Å². The lowest BCUT2D eigenvalue weighted by Gasteiger charge is -2.53. The zero-order valence-corrected chi connectivity index (χ0v) is 56.0. The van der Waals surface area contributed by atoms with E-state index in [0.717, 1.165) is 36.3 Å². The first-order valence-electron chi connectivity index (χ1n) is 32.6. The van der Waals surface area contributed by atoms with Gasteiger partial charge in [-0.05, 0) is 231 Å². The minimum absolute atomic E-state index is 0.00203. The Morgan fingerprint density at radius 2 is 0.884 bits per heavy atom. The highest BCUT2D eigenvalue weighted by atomic mass is 15.2. The van der Waals surface area contributed by atoms with Crippen LogP contribution in [0.5, 0.6) is 0 Å². The van der Waals surface area contributed by atoms with E-state index in [9.17, 15) is 0 Å². The molecule has 0 aromatic heterocycles. The van der Waals surface area contributed by atoms with Crippen LogP contribution in [0.2, 0.25) is 0 Å². The molecular formula is C82H94BN3. The summed E-state index contributed by atoms with van der Waals surface area (Å²) in [6, 6.07) is 57.0. The predicted octanol–water partition coefficient (Wildman–Crippen LogP) is 20.8. The Balaban J connectivity index is 1.14. The Kier molecular flexibility index (Phi) is 11.9. The second kappa shape index (κ2) is 17.9. The third kappa shape index (κ3) is 8.18. The molecule has 14 rings (SSSR count). The van der Waals surface area contributed by atoms with Crippen molar-refractivity contribution in [2.75, 3.05) is 14.7 Å². The van der Waals surface area contributed by atoms with E-state index in [2.05, 4.69) is 300 Å². The van der Waals surface area contributed by atoms with E-state index in [-0.39, 0.29) is 50.0 Å². The molecule has 3 heterocycles. The van der Waals surface area contributed by atoms with Gasteiger partial charge in [-0.1, -0.05) is 211 Å². The molecule has 3 aliphatic heterocycles. The summed E-state index contributed by atoms with van der Waals surface area (Å²) in [5.41, 5.74) is 33.4. The summed E-state index contributed by atoms with van der Waals surface area (Å²) >= 11 is 0. The minimum atomic E-state index is -0.463. The van der Waals surface area contributed by atoms with Gasteiger partial charge < -0.3 is 14.7 Å². The molecule has 0 bridgehead atoms. The molecule has 0 saturated carbocycles. The van der Waals surface area contributed by atoms with Gasteiger partial charge in [0.15, 0.2) is 0 Å². The molecule has 3 nitrogen and oxygen atoms in total. The second-order valence-corrected chi connectivity index (χ2v) is 34.2. The van der Waals surface area contributed by atoms with Crippen molar-refractivity contribution < 1.29 is 0 Å². The van der Waals surface area contributed by atoms with E-state index in [4.69, 9.17) is 0 Å². The fourth-order valence-corrected chi connectivity index (χ4v) is 16.8. The summed E-state index contributed by atoms with van der Waals surface area (Å²) in [6.07, 6.45) is 4.66. The van der Waals surface area contributed by atoms with E-state index in [1.165, 1.54) is 129 Å². The van der Waals surface area contributed by atoms with E-state index < -0.39 is 5.41 Å². The summed E-state index contributed by atoms with van der Waals surface area (Å²) < 4.78 is 0. The van der Waals surface area contributed by atoms with Crippen molar-refractivity contribution in [2.24, 2.45) is 0 Å². The van der Waals surface area contributed by atoms with Gasteiger partial charge in [0.05, 0.1) is 5.69 Å². The van der Waals surface area contributed by atoms with Crippen LogP contribution in [0, 0.1) is 0 Å². The molecule has 0 radical (unpaired) electrons. The summed E-state index contributed by atoms with van der Waals surface area (Å²) in [5, 5.41) is 0. The second-order valence-electron chi connectivity index (χ2n) is 34.2. The first kappa shape index (κ1) is 57.0. The van der Waals surface area contributed by atoms with Gasteiger partial charge in [0, 0.05) is 50.9 Å². The Labute approximate surface area is 517 Å². The van der Waals surface area contributed by atoms with Crippen molar-refractivity contribution in [1.82, 2.24) is 0 Å². The van der Waals surface area contributed by atoms with Gasteiger partial charge in [0.25, 0.3) is 6.71 Å². The normalized spacial score (nSPS) is 19.6. The number of benzene rings is 8. The quantitative estimate of drug-likeness (QED) is 0.163. The fourth-order valence-electron chi connectivity index (χ4n) is 16.8. The molecule has 6 aliphatic rings. The van der Waals surface area contributed by atoms with Crippen molar-refractivity contribution in [3.05, 3.63) is 201 Å². The van der Waals surface area contributed by atoms with Crippen LogP contribution >= 0.6 is 0 Å². The van der Waals surface area contributed by atoms with Crippen molar-refractivity contribution >= 4 is 74.3 Å². The molecule has 0 amide bonds. The van der Waals surface area contributed by atoms with Crippen molar-refractivity contribution in [3.63, 3.8) is 0 Å². The first-order valence-corrected chi connectivity index (χ1v) is 32.6. The van der Waals surface area contributed by atoms with Crippen molar-refractivity contribution in [1.29, 1.82) is 0 Å². The van der Waals surface area contributed by atoms with E-state index >= 15 is 0 Å². The van der Waals surface area contributed by atoms with E-state index in [1.54, 1.807) is 0 Å². The third-order valence-corrected chi connectivity index (χ3v) is 22.3. The third-order valence-electron chi connectivity index (χ3n) is 22.3. The maximum atomic E-state index is 2.80. The lowest BCUT2D eigenvalue weighted by atomic mass is 9.32. The summed E-state index contributed by atoms with van der Waals surface area (Å²) in [4.78, 5) is 8.10. The average Bonchev–Trinajstić information content (AvgIpc) is 1.20. The Morgan fingerprint density at radius 1 is 0.372 bits per heavy atom. The molecule has 8 aromatic carbocycles. The predicted molar refractivity (Wildman–Crippen MR) is 372 cm³/mol. The Bertz CT molecular complexity index is 4120. The van der Waals surface area contributed by atoms with Crippen LogP contribution in [0.4, 0.5) is 51.2 Å². The number of fused-ring (bicyclic) bond motifs is 12. The van der Waals surface area contributed by atoms with Crippen molar-refractivity contribution in [3.8, 4) is 11.1 Å². The fraction of sp³-hybridized carbons (Fsp3) is 0.415. The molecule has 8 aromatic rings. The summed E-state index contributed by atoms with van der Waals surface area (Å²) in [7, 11) is 0. The first-order chi connectivity index (χ1) is 40.0. The van der Waals surface area contributed by atoms with Crippen LogP contribution < -0.4 is 31.1 Å². The number of hydrogen-bond acceptors (Lipinski definition) is 3. The Morgan fingerprint density at radius 3 is 1.44 bits per heavy atom. The monoisotopic (exact) mass is 1130 g/mol. The van der Waals surface area contributed by atoms with Gasteiger partial charge in [0.2, 0.25) is 0 Å². The largest absolute Gasteiger partial charge is 0.311 e. The van der Waals surface area contributed by atoms with Gasteiger partial charge in [-0.2, -0.15) is 0 Å². The molecule has 0 saturated heterocycles. The number of nitrogens with zero attached hydrogens (tertiary/aromatic N) is 3. The maximum absolute atomic E-state index is 2.80. The molecule has 1 atom stereocenters. The highest BCUT2D eigenvalue weighted by molar-refractivity contribution is 7.00. The van der Waals surface area contributed by atoms with Crippen molar-refractivity contribution in [2.45, 2.75) is 220 Å². The molecule has 0 spiro atoms. The molecule has 4 heteroatoms. The number of hydrogen-bond donors (Lipinski definition) is 0. The van der Waals surface area contributed by atoms with Gasteiger partial charge >= 0.3 is 0 Å². The van der Waals surface area contributed by atoms with Gasteiger partial charge in [0.1, 0.15) is 0 Å². The van der Waals surface area contributed by atoms with Gasteiger partial charge in [-0.15, -0.1) is 0 Å². The molecule has 0 fully saturated rings. The zero-order valence-electron chi connectivity index (χ0n) is 56.0. The molecule has 0 N–H and O–H groups in total. The number of rotatable bonds is 4. The molecular weight excluding hydrogens is 1040 g/mol. The van der Waals surface area contributed by atoms with Crippen LogP contribution in [-0.2, 0) is 48.7 Å². The van der Waals surface area contributed by atoms with Crippen LogP contribution in [-0.4, -0.2) is 6.71 Å². The lowest BCUT2D eigenvalue weighted by Crippen LogP contribution is -2.63. The highest BCUT2D eigenvalue weighted by Crippen LogP contribution is 2.66. The highest BCUT2D eigenvalue weighted by Gasteiger charge is 2.56. The summed E-state index contributed by atoms with van der Waals surface area (Å²) in [6.45, 7) is 51.1.